The van der Waals surface area contributed by atoms with E-state index in [4.69, 9.17) is 4.99 Å². The van der Waals surface area contributed by atoms with Gasteiger partial charge in [0.15, 0.2) is 5.96 Å². The number of hydrogen-bond acceptors (Lipinski definition) is 3. The highest BCUT2D eigenvalue weighted by Gasteiger charge is 2.08. The predicted molar refractivity (Wildman–Crippen MR) is 115 cm³/mol. The number of aliphatic imine (C=N–C) groups is 1. The summed E-state index contributed by atoms with van der Waals surface area (Å²) in [4.78, 5) is 12.5. The number of halogens is 2. The van der Waals surface area contributed by atoms with Gasteiger partial charge in [0.05, 0.1) is 10.7 Å². The quantitative estimate of drug-likeness (QED) is 0.387. The Morgan fingerprint density at radius 1 is 1.28 bits per heavy atom. The van der Waals surface area contributed by atoms with E-state index in [1.54, 1.807) is 23.5 Å². The molecule has 1 heterocycles. The maximum atomic E-state index is 13.0. The van der Waals surface area contributed by atoms with Gasteiger partial charge in [-0.25, -0.2) is 9.37 Å². The lowest BCUT2D eigenvalue weighted by molar-refractivity contribution is 0.476. The van der Waals surface area contributed by atoms with Gasteiger partial charge in [0.2, 0.25) is 0 Å². The highest BCUT2D eigenvalue weighted by molar-refractivity contribution is 14.0. The second-order valence-electron chi connectivity index (χ2n) is 5.71. The summed E-state index contributed by atoms with van der Waals surface area (Å²) in [5.74, 6) is 0.651. The Labute approximate surface area is 170 Å². The number of aryl methyl sites for hydroxylation is 2. The van der Waals surface area contributed by atoms with Gasteiger partial charge < -0.3 is 10.2 Å². The molecule has 1 aromatic heterocycles. The van der Waals surface area contributed by atoms with Crippen LogP contribution in [0.25, 0.3) is 0 Å². The Hall–Kier alpha value is -1.22. The summed E-state index contributed by atoms with van der Waals surface area (Å²) in [5.41, 5.74) is 2.16. The van der Waals surface area contributed by atoms with Crippen molar-refractivity contribution in [3.63, 3.8) is 0 Å². The van der Waals surface area contributed by atoms with E-state index < -0.39 is 0 Å². The summed E-state index contributed by atoms with van der Waals surface area (Å²) in [6.07, 6.45) is 0.899. The average molecular weight is 476 g/mol. The van der Waals surface area contributed by atoms with Crippen molar-refractivity contribution in [2.24, 2.45) is 4.99 Å². The van der Waals surface area contributed by atoms with Crippen LogP contribution in [0.1, 0.15) is 28.1 Å². The number of benzene rings is 1. The zero-order chi connectivity index (χ0) is 17.5. The monoisotopic (exact) mass is 476 g/mol. The molecule has 0 spiro atoms. The molecule has 0 fully saturated rings. The topological polar surface area (TPSA) is 40.5 Å². The minimum atomic E-state index is -0.211. The van der Waals surface area contributed by atoms with Crippen LogP contribution in [0.3, 0.4) is 0 Å². The van der Waals surface area contributed by atoms with Crippen molar-refractivity contribution in [2.75, 3.05) is 20.1 Å². The van der Waals surface area contributed by atoms with E-state index >= 15 is 0 Å². The van der Waals surface area contributed by atoms with E-state index in [9.17, 15) is 4.39 Å². The van der Waals surface area contributed by atoms with Crippen LogP contribution in [0.4, 0.5) is 4.39 Å². The molecule has 4 nitrogen and oxygen atoms in total. The van der Waals surface area contributed by atoms with E-state index in [2.05, 4.69) is 29.0 Å². The van der Waals surface area contributed by atoms with Crippen LogP contribution < -0.4 is 5.32 Å². The highest BCUT2D eigenvalue weighted by Crippen LogP contribution is 2.17. The smallest absolute Gasteiger partial charge is 0.193 e. The standard InChI is InChI=1S/C18H25FN4S.HI/c1-5-20-18(21-11-10-17-13(2)22-14(3)24-17)23(4)12-15-6-8-16(19)9-7-15;/h6-9H,5,10-12H2,1-4H3,(H,20,21);1H. The number of nitrogens with one attached hydrogen (secondary N) is 1. The molecule has 0 unspecified atom stereocenters. The van der Waals surface area contributed by atoms with Gasteiger partial charge in [-0.3, -0.25) is 4.99 Å². The Morgan fingerprint density at radius 2 is 1.96 bits per heavy atom. The van der Waals surface area contributed by atoms with Gasteiger partial charge in [-0.15, -0.1) is 35.3 Å². The first-order valence-electron chi connectivity index (χ1n) is 8.16. The predicted octanol–water partition coefficient (Wildman–Crippen LogP) is 4.16. The maximum absolute atomic E-state index is 13.0. The molecule has 1 aromatic carbocycles. The van der Waals surface area contributed by atoms with E-state index in [0.29, 0.717) is 6.54 Å². The van der Waals surface area contributed by atoms with Gasteiger partial charge in [0.1, 0.15) is 5.82 Å². The lowest BCUT2D eigenvalue weighted by Gasteiger charge is -2.22. The van der Waals surface area contributed by atoms with E-state index in [-0.39, 0.29) is 29.8 Å². The third-order valence-electron chi connectivity index (χ3n) is 3.63. The molecule has 0 atom stereocenters. The van der Waals surface area contributed by atoms with Gasteiger partial charge >= 0.3 is 0 Å². The molecule has 25 heavy (non-hydrogen) atoms. The second kappa shape index (κ2) is 10.7. The molecule has 0 amide bonds. The number of rotatable bonds is 6. The number of nitrogens with zero attached hydrogens (tertiary/aromatic N) is 3. The lowest BCUT2D eigenvalue weighted by atomic mass is 10.2. The molecular weight excluding hydrogens is 450 g/mol. The SMILES string of the molecule is CCNC(=NCCc1sc(C)nc1C)N(C)Cc1ccc(F)cc1.I. The van der Waals surface area contributed by atoms with Crippen LogP contribution in [0.15, 0.2) is 29.3 Å². The zero-order valence-electron chi connectivity index (χ0n) is 15.2. The lowest BCUT2D eigenvalue weighted by Crippen LogP contribution is -2.38. The first-order chi connectivity index (χ1) is 11.5. The molecule has 0 saturated carbocycles. The van der Waals surface area contributed by atoms with Crippen molar-refractivity contribution >= 4 is 41.3 Å². The fourth-order valence-electron chi connectivity index (χ4n) is 2.48. The van der Waals surface area contributed by atoms with Gasteiger partial charge in [-0.1, -0.05) is 12.1 Å². The zero-order valence-corrected chi connectivity index (χ0v) is 18.3. The van der Waals surface area contributed by atoms with Gasteiger partial charge in [-0.2, -0.15) is 0 Å². The Kier molecular flexibility index (Phi) is 9.34. The molecule has 0 aliphatic carbocycles. The molecular formula is C18H26FIN4S. The van der Waals surface area contributed by atoms with Gasteiger partial charge in [0, 0.05) is 38.0 Å². The van der Waals surface area contributed by atoms with Crippen molar-refractivity contribution in [1.82, 2.24) is 15.2 Å². The molecule has 0 radical (unpaired) electrons. The van der Waals surface area contributed by atoms with Crippen LogP contribution in [0, 0.1) is 19.7 Å². The van der Waals surface area contributed by atoms with E-state index in [1.807, 2.05) is 14.0 Å². The second-order valence-corrected chi connectivity index (χ2v) is 7.00. The van der Waals surface area contributed by atoms with E-state index in [0.717, 1.165) is 41.7 Å². The highest BCUT2D eigenvalue weighted by atomic mass is 127. The molecule has 138 valence electrons. The molecule has 2 rings (SSSR count). The molecule has 0 saturated heterocycles. The van der Waals surface area contributed by atoms with Crippen LogP contribution in [-0.2, 0) is 13.0 Å². The van der Waals surface area contributed by atoms with Crippen LogP contribution in [0.2, 0.25) is 0 Å². The summed E-state index contributed by atoms with van der Waals surface area (Å²) in [5, 5.41) is 4.41. The average Bonchev–Trinajstić information content (AvgIpc) is 2.86. The molecule has 0 bridgehead atoms. The van der Waals surface area contributed by atoms with Crippen molar-refractivity contribution in [3.05, 3.63) is 51.2 Å². The minimum absolute atomic E-state index is 0. The largest absolute Gasteiger partial charge is 0.357 e. The fraction of sp³-hybridized carbons (Fsp3) is 0.444. The van der Waals surface area contributed by atoms with Crippen molar-refractivity contribution in [1.29, 1.82) is 0 Å². The van der Waals surface area contributed by atoms with Crippen molar-refractivity contribution in [3.8, 4) is 0 Å². The molecule has 0 aliphatic heterocycles. The van der Waals surface area contributed by atoms with Gasteiger partial charge in [-0.05, 0) is 38.5 Å². The Bertz CT molecular complexity index is 685. The summed E-state index contributed by atoms with van der Waals surface area (Å²) in [6, 6.07) is 6.59. The fourth-order valence-corrected chi connectivity index (χ4v) is 3.40. The van der Waals surface area contributed by atoms with Crippen LogP contribution in [0.5, 0.6) is 0 Å². The van der Waals surface area contributed by atoms with Crippen molar-refractivity contribution in [2.45, 2.75) is 33.7 Å². The number of thiazole rings is 1. The number of hydrogen-bond donors (Lipinski definition) is 1. The number of guanidine groups is 1. The van der Waals surface area contributed by atoms with Crippen LogP contribution >= 0.6 is 35.3 Å². The maximum Gasteiger partial charge on any atom is 0.193 e. The Balaban J connectivity index is 0.00000312. The summed E-state index contributed by atoms with van der Waals surface area (Å²) in [7, 11) is 1.99. The first kappa shape index (κ1) is 21.8. The van der Waals surface area contributed by atoms with Crippen LogP contribution in [-0.4, -0.2) is 36.0 Å². The normalized spacial score (nSPS) is 11.2. The third kappa shape index (κ3) is 6.89. The summed E-state index contributed by atoms with van der Waals surface area (Å²) >= 11 is 1.74. The molecule has 0 aliphatic rings. The first-order valence-corrected chi connectivity index (χ1v) is 8.98. The third-order valence-corrected chi connectivity index (χ3v) is 4.76. The Morgan fingerprint density at radius 3 is 2.52 bits per heavy atom. The molecule has 2 aromatic rings. The summed E-state index contributed by atoms with van der Waals surface area (Å²) in [6.45, 7) is 8.35. The minimum Gasteiger partial charge on any atom is -0.357 e. The summed E-state index contributed by atoms with van der Waals surface area (Å²) < 4.78 is 13.0. The molecule has 1 N–H and O–H groups in total. The molecule has 7 heteroatoms. The van der Waals surface area contributed by atoms with Gasteiger partial charge in [0.25, 0.3) is 0 Å². The van der Waals surface area contributed by atoms with E-state index in [1.165, 1.54) is 17.0 Å². The number of aromatic nitrogens is 1. The van der Waals surface area contributed by atoms with Crippen molar-refractivity contribution < 1.29 is 4.39 Å².